The highest BCUT2D eigenvalue weighted by Gasteiger charge is 2.24. The number of hydrogen-bond acceptors (Lipinski definition) is 5. The van der Waals surface area contributed by atoms with Crippen LogP contribution in [0.3, 0.4) is 0 Å². The lowest BCUT2D eigenvalue weighted by Crippen LogP contribution is -2.33. The van der Waals surface area contributed by atoms with Crippen LogP contribution in [0.4, 0.5) is 0 Å². The predicted octanol–water partition coefficient (Wildman–Crippen LogP) is 3.21. The molecule has 6 nitrogen and oxygen atoms in total. The molecule has 0 N–H and O–H groups in total. The Morgan fingerprint density at radius 2 is 1.96 bits per heavy atom. The molecule has 0 saturated heterocycles. The maximum atomic E-state index is 13.2. The minimum absolute atomic E-state index is 0.0154. The molecule has 2 heterocycles. The number of methoxy groups -OCH3 is 1. The van der Waals surface area contributed by atoms with Crippen molar-refractivity contribution < 1.29 is 9.53 Å². The average Bonchev–Trinajstić information content (AvgIpc) is 3.05. The summed E-state index contributed by atoms with van der Waals surface area (Å²) in [4.78, 5) is 20.3. The molecule has 0 aliphatic carbocycles. The summed E-state index contributed by atoms with van der Waals surface area (Å²) in [5, 5.41) is 5.46. The molecule has 0 atom stereocenters. The molecule has 0 unspecified atom stereocenters. The van der Waals surface area contributed by atoms with E-state index in [-0.39, 0.29) is 5.91 Å². The lowest BCUT2D eigenvalue weighted by Gasteiger charge is -2.22. The molecule has 0 saturated carbocycles. The molecular weight excluding hydrogens is 336 g/mol. The van der Waals surface area contributed by atoms with E-state index in [1.807, 2.05) is 37.4 Å². The summed E-state index contributed by atoms with van der Waals surface area (Å²) < 4.78 is 7.07. The first-order valence-electron chi connectivity index (χ1n) is 8.50. The van der Waals surface area contributed by atoms with Crippen LogP contribution in [-0.2, 0) is 18.3 Å². The number of carbonyl (C=O) groups is 1. The molecule has 1 amide bonds. The zero-order chi connectivity index (χ0) is 18.7. The number of ether oxygens (including phenoxy) is 1. The zero-order valence-corrected chi connectivity index (χ0v) is 17.0. The van der Waals surface area contributed by atoms with Crippen LogP contribution in [0.1, 0.15) is 57.1 Å². The molecule has 0 aliphatic rings. The maximum Gasteiger partial charge on any atom is 0.266 e. The van der Waals surface area contributed by atoms with Crippen molar-refractivity contribution >= 4 is 17.2 Å². The van der Waals surface area contributed by atoms with Crippen LogP contribution in [0.25, 0.3) is 0 Å². The highest BCUT2D eigenvalue weighted by molar-refractivity contribution is 7.13. The summed E-state index contributed by atoms with van der Waals surface area (Å²) in [6, 6.07) is 0. The Morgan fingerprint density at radius 1 is 1.28 bits per heavy atom. The number of carbonyl (C=O) groups excluding carboxylic acids is 1. The van der Waals surface area contributed by atoms with E-state index >= 15 is 0 Å². The topological polar surface area (TPSA) is 60.2 Å². The van der Waals surface area contributed by atoms with Crippen LogP contribution in [0.2, 0.25) is 0 Å². The van der Waals surface area contributed by atoms with Gasteiger partial charge in [-0.05, 0) is 20.8 Å². The third-order valence-corrected chi connectivity index (χ3v) is 5.81. The van der Waals surface area contributed by atoms with Gasteiger partial charge in [-0.2, -0.15) is 5.10 Å². The summed E-state index contributed by atoms with van der Waals surface area (Å²) in [5.41, 5.74) is 3.94. The van der Waals surface area contributed by atoms with Gasteiger partial charge in [0.15, 0.2) is 0 Å². The van der Waals surface area contributed by atoms with Crippen LogP contribution < -0.4 is 0 Å². The Hall–Kier alpha value is -1.73. The van der Waals surface area contributed by atoms with Crippen molar-refractivity contribution in [3.05, 3.63) is 32.5 Å². The van der Waals surface area contributed by atoms with Gasteiger partial charge in [-0.3, -0.25) is 9.48 Å². The average molecular weight is 365 g/mol. The molecule has 2 aromatic heterocycles. The van der Waals surface area contributed by atoms with Crippen molar-refractivity contribution in [2.75, 3.05) is 20.3 Å². The number of hydrogen-bond donors (Lipinski definition) is 0. The molecule has 0 aliphatic heterocycles. The van der Waals surface area contributed by atoms with Gasteiger partial charge < -0.3 is 9.64 Å². The highest BCUT2D eigenvalue weighted by atomic mass is 32.1. The van der Waals surface area contributed by atoms with Crippen molar-refractivity contribution in [1.82, 2.24) is 19.7 Å². The van der Waals surface area contributed by atoms with Crippen LogP contribution in [0.15, 0.2) is 0 Å². The fourth-order valence-corrected chi connectivity index (χ4v) is 3.73. The largest absolute Gasteiger partial charge is 0.383 e. The summed E-state index contributed by atoms with van der Waals surface area (Å²) in [6.07, 6.45) is 0. The van der Waals surface area contributed by atoms with Crippen molar-refractivity contribution in [3.8, 4) is 0 Å². The fourth-order valence-electron chi connectivity index (χ4n) is 2.70. The van der Waals surface area contributed by atoms with E-state index in [1.165, 1.54) is 11.3 Å². The molecule has 0 spiro atoms. The number of rotatable bonds is 7. The normalized spacial score (nSPS) is 11.4. The van der Waals surface area contributed by atoms with E-state index in [4.69, 9.17) is 4.74 Å². The first-order chi connectivity index (χ1) is 11.8. The van der Waals surface area contributed by atoms with E-state index in [0.29, 0.717) is 25.6 Å². The lowest BCUT2D eigenvalue weighted by atomic mass is 10.1. The summed E-state index contributed by atoms with van der Waals surface area (Å²) >= 11 is 1.50. The van der Waals surface area contributed by atoms with Crippen LogP contribution in [0, 0.1) is 20.8 Å². The van der Waals surface area contributed by atoms with Gasteiger partial charge in [0.25, 0.3) is 5.91 Å². The minimum atomic E-state index is 0.0154. The number of thiazole rings is 1. The summed E-state index contributed by atoms with van der Waals surface area (Å²) in [6.45, 7) is 11.7. The molecule has 0 fully saturated rings. The Kier molecular flexibility index (Phi) is 6.35. The molecule has 7 heteroatoms. The Morgan fingerprint density at radius 3 is 2.44 bits per heavy atom. The SMILES string of the molecule is COCCN(Cc1c(C)nn(C)c1C)C(=O)c1sc(C(C)C)nc1C. The molecular formula is C18H28N4O2S. The first-order valence-corrected chi connectivity index (χ1v) is 9.32. The van der Waals surface area contributed by atoms with Gasteiger partial charge in [-0.25, -0.2) is 4.98 Å². The van der Waals surface area contributed by atoms with Gasteiger partial charge in [0.2, 0.25) is 0 Å². The van der Waals surface area contributed by atoms with Gasteiger partial charge in [-0.15, -0.1) is 11.3 Å². The van der Waals surface area contributed by atoms with Crippen molar-refractivity contribution in [3.63, 3.8) is 0 Å². The zero-order valence-electron chi connectivity index (χ0n) is 16.2. The lowest BCUT2D eigenvalue weighted by molar-refractivity contribution is 0.0683. The van der Waals surface area contributed by atoms with Gasteiger partial charge in [0.1, 0.15) is 4.88 Å². The van der Waals surface area contributed by atoms with Gasteiger partial charge >= 0.3 is 0 Å². The third kappa shape index (κ3) is 4.27. The number of amides is 1. The van der Waals surface area contributed by atoms with Crippen LogP contribution >= 0.6 is 11.3 Å². The van der Waals surface area contributed by atoms with Crippen molar-refractivity contribution in [2.45, 2.75) is 47.1 Å². The van der Waals surface area contributed by atoms with Crippen molar-refractivity contribution in [2.24, 2.45) is 7.05 Å². The number of aromatic nitrogens is 3. The molecule has 2 rings (SSSR count). The standard InChI is InChI=1S/C18H28N4O2S/c1-11(2)17-19-13(4)16(25-17)18(23)22(8-9-24-7)10-15-12(3)20-21(6)14(15)5/h11H,8-10H2,1-7H3. The predicted molar refractivity (Wildman–Crippen MR) is 100 cm³/mol. The fraction of sp³-hybridized carbons (Fsp3) is 0.611. The third-order valence-electron chi connectivity index (χ3n) is 4.36. The Labute approximate surface area is 153 Å². The van der Waals surface area contributed by atoms with E-state index in [0.717, 1.165) is 32.5 Å². The molecule has 25 heavy (non-hydrogen) atoms. The van der Waals surface area contributed by atoms with Gasteiger partial charge in [0.05, 0.1) is 23.0 Å². The number of aryl methyl sites for hydroxylation is 3. The second-order valence-electron chi connectivity index (χ2n) is 6.61. The number of nitrogens with zero attached hydrogens (tertiary/aromatic N) is 4. The molecule has 138 valence electrons. The van der Waals surface area contributed by atoms with E-state index in [2.05, 4.69) is 23.9 Å². The monoisotopic (exact) mass is 364 g/mol. The minimum Gasteiger partial charge on any atom is -0.383 e. The molecule has 0 bridgehead atoms. The second kappa shape index (κ2) is 8.10. The molecule has 2 aromatic rings. The Bertz CT molecular complexity index is 749. The summed E-state index contributed by atoms with van der Waals surface area (Å²) in [5.74, 6) is 0.335. The van der Waals surface area contributed by atoms with Crippen molar-refractivity contribution in [1.29, 1.82) is 0 Å². The van der Waals surface area contributed by atoms with E-state index < -0.39 is 0 Å². The highest BCUT2D eigenvalue weighted by Crippen LogP contribution is 2.26. The smallest absolute Gasteiger partial charge is 0.266 e. The van der Waals surface area contributed by atoms with E-state index in [9.17, 15) is 4.79 Å². The first kappa shape index (κ1) is 19.6. The maximum absolute atomic E-state index is 13.2. The Balaban J connectivity index is 2.31. The van der Waals surface area contributed by atoms with Crippen LogP contribution in [0.5, 0.6) is 0 Å². The molecule has 0 aromatic carbocycles. The van der Waals surface area contributed by atoms with Gasteiger partial charge in [-0.1, -0.05) is 13.8 Å². The second-order valence-corrected chi connectivity index (χ2v) is 7.64. The quantitative estimate of drug-likeness (QED) is 0.757. The summed E-state index contributed by atoms with van der Waals surface area (Å²) in [7, 11) is 3.58. The molecule has 0 radical (unpaired) electrons. The van der Waals surface area contributed by atoms with E-state index in [1.54, 1.807) is 7.11 Å². The van der Waals surface area contributed by atoms with Gasteiger partial charge in [0, 0.05) is 44.4 Å². The van der Waals surface area contributed by atoms with Crippen LogP contribution in [-0.4, -0.2) is 45.8 Å².